The second-order valence-electron chi connectivity index (χ2n) is 7.40. The molecule has 3 rings (SSSR count). The molecule has 3 heteroatoms. The number of rotatable bonds is 3. The Kier molecular flexibility index (Phi) is 4.90. The maximum absolute atomic E-state index is 10.2. The van der Waals surface area contributed by atoms with Crippen LogP contribution in [0.3, 0.4) is 0 Å². The molecule has 1 aliphatic heterocycles. The van der Waals surface area contributed by atoms with Gasteiger partial charge in [0.1, 0.15) is 0 Å². The smallest absolute Gasteiger partial charge is 0.157 e. The largest absolute Gasteiger partial charge is 0.385 e. The van der Waals surface area contributed by atoms with Gasteiger partial charge < -0.3 is 15.2 Å². The van der Waals surface area contributed by atoms with E-state index in [4.69, 9.17) is 4.74 Å². The highest BCUT2D eigenvalue weighted by Gasteiger charge is 2.38. The molecular weight excluding hydrogens is 262 g/mol. The van der Waals surface area contributed by atoms with E-state index in [1.807, 2.05) is 0 Å². The van der Waals surface area contributed by atoms with Crippen molar-refractivity contribution in [2.24, 2.45) is 23.7 Å². The first-order valence-electron chi connectivity index (χ1n) is 8.88. The summed E-state index contributed by atoms with van der Waals surface area (Å²) in [4.78, 5) is 0. The quantitative estimate of drug-likeness (QED) is 0.783. The van der Waals surface area contributed by atoms with Crippen LogP contribution in [-0.4, -0.2) is 24.5 Å². The van der Waals surface area contributed by atoms with Gasteiger partial charge in [-0.3, -0.25) is 0 Å². The SMILES string of the molecule is COC(O)C1CCCCC1C1=CCC2C(C)CCCC2N1. The fourth-order valence-electron chi connectivity index (χ4n) is 4.92. The van der Waals surface area contributed by atoms with E-state index in [0.717, 1.165) is 18.3 Å². The molecule has 2 fully saturated rings. The lowest BCUT2D eigenvalue weighted by Crippen LogP contribution is -2.47. The monoisotopic (exact) mass is 293 g/mol. The number of methoxy groups -OCH3 is 1. The molecule has 0 radical (unpaired) electrons. The van der Waals surface area contributed by atoms with Gasteiger partial charge in [0, 0.05) is 30.7 Å². The first-order chi connectivity index (χ1) is 10.2. The highest BCUT2D eigenvalue weighted by atomic mass is 16.6. The second-order valence-corrected chi connectivity index (χ2v) is 7.40. The third-order valence-electron chi connectivity index (χ3n) is 6.21. The van der Waals surface area contributed by atoms with Gasteiger partial charge in [0.05, 0.1) is 0 Å². The van der Waals surface area contributed by atoms with Gasteiger partial charge in [-0.15, -0.1) is 0 Å². The first-order valence-corrected chi connectivity index (χ1v) is 8.88. The molecule has 6 atom stereocenters. The Balaban J connectivity index is 1.73. The molecule has 0 aromatic carbocycles. The molecular formula is C18H31NO2. The minimum Gasteiger partial charge on any atom is -0.385 e. The van der Waals surface area contributed by atoms with Crippen molar-refractivity contribution in [3.63, 3.8) is 0 Å². The standard InChI is InChI=1S/C18H31NO2/c1-12-6-5-9-16-13(12)10-11-17(19-16)14-7-3-4-8-15(14)18(20)21-2/h11-16,18-20H,3-10H2,1-2H3. The lowest BCUT2D eigenvalue weighted by atomic mass is 9.70. The molecule has 2 N–H and O–H groups in total. The molecule has 1 heterocycles. The molecule has 0 aromatic rings. The van der Waals surface area contributed by atoms with E-state index >= 15 is 0 Å². The molecule has 3 aliphatic rings. The van der Waals surface area contributed by atoms with E-state index in [-0.39, 0.29) is 5.92 Å². The van der Waals surface area contributed by atoms with Crippen LogP contribution in [0.2, 0.25) is 0 Å². The van der Waals surface area contributed by atoms with Crippen molar-refractivity contribution in [2.45, 2.75) is 70.6 Å². The molecule has 3 nitrogen and oxygen atoms in total. The summed E-state index contributed by atoms with van der Waals surface area (Å²) in [7, 11) is 1.62. The molecule has 0 bridgehead atoms. The molecule has 6 unspecified atom stereocenters. The number of hydrogen-bond acceptors (Lipinski definition) is 3. The Morgan fingerprint density at radius 2 is 2.00 bits per heavy atom. The van der Waals surface area contributed by atoms with Gasteiger partial charge in [-0.25, -0.2) is 0 Å². The van der Waals surface area contributed by atoms with E-state index in [1.54, 1.807) is 7.11 Å². The number of aliphatic hydroxyl groups is 1. The molecule has 0 saturated heterocycles. The highest BCUT2D eigenvalue weighted by Crippen LogP contribution is 2.41. The maximum atomic E-state index is 10.2. The summed E-state index contributed by atoms with van der Waals surface area (Å²) < 4.78 is 5.23. The van der Waals surface area contributed by atoms with Crippen LogP contribution in [0.1, 0.15) is 58.3 Å². The van der Waals surface area contributed by atoms with Crippen molar-refractivity contribution in [3.05, 3.63) is 11.8 Å². The summed E-state index contributed by atoms with van der Waals surface area (Å²) in [6.07, 6.45) is 11.9. The lowest BCUT2D eigenvalue weighted by Gasteiger charge is -2.44. The summed E-state index contributed by atoms with van der Waals surface area (Å²) in [5, 5.41) is 14.0. The van der Waals surface area contributed by atoms with Crippen molar-refractivity contribution < 1.29 is 9.84 Å². The summed E-state index contributed by atoms with van der Waals surface area (Å²) in [6.45, 7) is 2.41. The molecule has 21 heavy (non-hydrogen) atoms. The number of ether oxygens (including phenoxy) is 1. The van der Waals surface area contributed by atoms with E-state index in [9.17, 15) is 5.11 Å². The molecule has 0 spiro atoms. The van der Waals surface area contributed by atoms with Gasteiger partial charge in [0.25, 0.3) is 0 Å². The highest BCUT2D eigenvalue weighted by molar-refractivity contribution is 5.14. The summed E-state index contributed by atoms with van der Waals surface area (Å²) >= 11 is 0. The molecule has 0 aromatic heterocycles. The Morgan fingerprint density at radius 1 is 1.19 bits per heavy atom. The Morgan fingerprint density at radius 3 is 2.81 bits per heavy atom. The third-order valence-corrected chi connectivity index (χ3v) is 6.21. The fourth-order valence-corrected chi connectivity index (χ4v) is 4.92. The van der Waals surface area contributed by atoms with Crippen LogP contribution in [0, 0.1) is 23.7 Å². The van der Waals surface area contributed by atoms with Crippen LogP contribution < -0.4 is 5.32 Å². The van der Waals surface area contributed by atoms with Crippen molar-refractivity contribution in [1.82, 2.24) is 5.32 Å². The van der Waals surface area contributed by atoms with E-state index in [0.29, 0.717) is 12.0 Å². The zero-order chi connectivity index (χ0) is 14.8. The summed E-state index contributed by atoms with van der Waals surface area (Å²) in [6, 6.07) is 0.663. The van der Waals surface area contributed by atoms with Gasteiger partial charge in [0.15, 0.2) is 6.29 Å². The van der Waals surface area contributed by atoms with Crippen LogP contribution in [0.4, 0.5) is 0 Å². The Hall–Kier alpha value is -0.540. The van der Waals surface area contributed by atoms with Crippen molar-refractivity contribution >= 4 is 0 Å². The summed E-state index contributed by atoms with van der Waals surface area (Å²) in [5.41, 5.74) is 1.41. The molecule has 2 aliphatic carbocycles. The van der Waals surface area contributed by atoms with Crippen LogP contribution in [0.15, 0.2) is 11.8 Å². The topological polar surface area (TPSA) is 41.5 Å². The lowest BCUT2D eigenvalue weighted by molar-refractivity contribution is -0.131. The maximum Gasteiger partial charge on any atom is 0.157 e. The fraction of sp³-hybridized carbons (Fsp3) is 0.889. The van der Waals surface area contributed by atoms with Crippen LogP contribution in [-0.2, 0) is 4.74 Å². The van der Waals surface area contributed by atoms with E-state index in [2.05, 4.69) is 18.3 Å². The van der Waals surface area contributed by atoms with Gasteiger partial charge >= 0.3 is 0 Å². The van der Waals surface area contributed by atoms with E-state index in [1.165, 1.54) is 50.6 Å². The molecule has 2 saturated carbocycles. The van der Waals surface area contributed by atoms with Crippen LogP contribution in [0.5, 0.6) is 0 Å². The Labute approximate surface area is 129 Å². The van der Waals surface area contributed by atoms with Gasteiger partial charge in [0.2, 0.25) is 0 Å². The van der Waals surface area contributed by atoms with Crippen molar-refractivity contribution in [3.8, 4) is 0 Å². The minimum atomic E-state index is -0.610. The van der Waals surface area contributed by atoms with Gasteiger partial charge in [-0.2, -0.15) is 0 Å². The predicted octanol–water partition coefficient (Wildman–Crippen LogP) is 3.44. The van der Waals surface area contributed by atoms with Crippen LogP contribution in [0.25, 0.3) is 0 Å². The predicted molar refractivity (Wildman–Crippen MR) is 84.6 cm³/mol. The summed E-state index contributed by atoms with van der Waals surface area (Å²) in [5.74, 6) is 2.39. The van der Waals surface area contributed by atoms with Gasteiger partial charge in [-0.1, -0.05) is 38.7 Å². The number of hydrogen-bond donors (Lipinski definition) is 2. The zero-order valence-corrected chi connectivity index (χ0v) is 13.6. The first kappa shape index (κ1) is 15.4. The Bertz CT molecular complexity index is 381. The van der Waals surface area contributed by atoms with Gasteiger partial charge in [-0.05, 0) is 37.5 Å². The third kappa shape index (κ3) is 3.14. The van der Waals surface area contributed by atoms with Crippen molar-refractivity contribution in [2.75, 3.05) is 7.11 Å². The average Bonchev–Trinajstić information content (AvgIpc) is 2.54. The van der Waals surface area contributed by atoms with Crippen LogP contribution >= 0.6 is 0 Å². The number of fused-ring (bicyclic) bond motifs is 1. The number of nitrogens with one attached hydrogen (secondary N) is 1. The molecule has 0 amide bonds. The van der Waals surface area contributed by atoms with Crippen molar-refractivity contribution in [1.29, 1.82) is 0 Å². The number of allylic oxidation sites excluding steroid dienone is 2. The minimum absolute atomic E-state index is 0.264. The average molecular weight is 293 g/mol. The normalized spacial score (nSPS) is 41.7. The zero-order valence-electron chi connectivity index (χ0n) is 13.6. The molecule has 120 valence electrons. The number of aliphatic hydroxyl groups excluding tert-OH is 1. The second kappa shape index (κ2) is 6.70. The van der Waals surface area contributed by atoms with E-state index < -0.39 is 6.29 Å².